The highest BCUT2D eigenvalue weighted by atomic mass is 35.5. The fourth-order valence-corrected chi connectivity index (χ4v) is 3.24. The Morgan fingerprint density at radius 3 is 2.84 bits per heavy atom. The molecule has 2 nitrogen and oxygen atoms in total. The van der Waals surface area contributed by atoms with Crippen molar-refractivity contribution in [3.8, 4) is 5.75 Å². The van der Waals surface area contributed by atoms with Crippen LogP contribution in [0.15, 0.2) is 49.1 Å². The van der Waals surface area contributed by atoms with E-state index in [4.69, 9.17) is 16.4 Å². The molecule has 3 rings (SSSR count). The first-order chi connectivity index (χ1) is 12.1. The molecule has 130 valence electrons. The molecule has 0 saturated carbocycles. The van der Waals surface area contributed by atoms with Gasteiger partial charge in [-0.25, -0.2) is 4.39 Å². The molecule has 0 bridgehead atoms. The molecule has 1 aliphatic carbocycles. The number of halogens is 2. The first-order valence-electron chi connectivity index (χ1n) is 8.47. The van der Waals surface area contributed by atoms with E-state index in [1.54, 1.807) is 0 Å². The van der Waals surface area contributed by atoms with Crippen molar-refractivity contribution < 1.29 is 9.23 Å². The summed E-state index contributed by atoms with van der Waals surface area (Å²) in [5.41, 5.74) is 7.48. The Bertz CT molecular complexity index is 829. The number of para-hydroxylation sites is 1. The Hall–Kier alpha value is -2.10. The molecule has 2 aromatic carbocycles. The van der Waals surface area contributed by atoms with Gasteiger partial charge in [-0.2, -0.15) is 5.48 Å². The van der Waals surface area contributed by atoms with Crippen LogP contribution in [0.4, 0.5) is 4.39 Å². The van der Waals surface area contributed by atoms with Gasteiger partial charge in [0.05, 0.1) is 0 Å². The number of nitrogens with one attached hydrogen (secondary N) is 1. The molecular weight excluding hydrogens is 337 g/mol. The normalized spacial score (nSPS) is 13.4. The average Bonchev–Trinajstić information content (AvgIpc) is 2.60. The van der Waals surface area contributed by atoms with E-state index in [-0.39, 0.29) is 5.82 Å². The van der Waals surface area contributed by atoms with E-state index in [1.807, 2.05) is 30.3 Å². The number of benzene rings is 2. The third-order valence-corrected chi connectivity index (χ3v) is 4.61. The molecule has 0 amide bonds. The molecule has 0 atom stereocenters. The van der Waals surface area contributed by atoms with E-state index in [1.165, 1.54) is 12.1 Å². The molecule has 0 saturated heterocycles. The number of hydroxylamine groups is 1. The lowest BCUT2D eigenvalue weighted by Crippen LogP contribution is -2.20. The number of allylic oxidation sites excluding steroid dienone is 3. The number of hydrogen-bond donors (Lipinski definition) is 1. The molecule has 0 spiro atoms. The van der Waals surface area contributed by atoms with Crippen LogP contribution in [0.2, 0.25) is 5.02 Å². The minimum Gasteiger partial charge on any atom is -0.408 e. The second-order valence-electron chi connectivity index (χ2n) is 6.13. The van der Waals surface area contributed by atoms with Gasteiger partial charge in [-0.15, -0.1) is 0 Å². The van der Waals surface area contributed by atoms with Crippen LogP contribution in [0.5, 0.6) is 5.75 Å². The number of unbranched alkanes of at least 4 members (excludes halogenated alkanes) is 1. The molecule has 0 heterocycles. The lowest BCUT2D eigenvalue weighted by molar-refractivity contribution is 0.193. The summed E-state index contributed by atoms with van der Waals surface area (Å²) in [6, 6.07) is 10.7. The van der Waals surface area contributed by atoms with Crippen molar-refractivity contribution in [2.75, 3.05) is 6.54 Å². The van der Waals surface area contributed by atoms with Crippen LogP contribution in [0.1, 0.15) is 36.5 Å². The van der Waals surface area contributed by atoms with E-state index in [9.17, 15) is 4.39 Å². The zero-order chi connectivity index (χ0) is 17.8. The Morgan fingerprint density at radius 1 is 1.24 bits per heavy atom. The van der Waals surface area contributed by atoms with Crippen LogP contribution in [-0.2, 0) is 6.42 Å². The molecule has 1 aliphatic rings. The molecule has 25 heavy (non-hydrogen) atoms. The lowest BCUT2D eigenvalue weighted by Gasteiger charge is -2.22. The summed E-state index contributed by atoms with van der Waals surface area (Å²) in [6.07, 6.45) is 4.75. The molecular formula is C21H21ClFNO. The second-order valence-corrected chi connectivity index (χ2v) is 6.54. The molecule has 2 aromatic rings. The van der Waals surface area contributed by atoms with Crippen LogP contribution in [0.25, 0.3) is 11.1 Å². The fourth-order valence-electron chi connectivity index (χ4n) is 2.97. The summed E-state index contributed by atoms with van der Waals surface area (Å²) in [5.74, 6) is 0.421. The highest BCUT2D eigenvalue weighted by Crippen LogP contribution is 2.39. The lowest BCUT2D eigenvalue weighted by atomic mass is 9.85. The van der Waals surface area contributed by atoms with Crippen molar-refractivity contribution in [2.24, 2.45) is 0 Å². The minimum absolute atomic E-state index is 0.342. The van der Waals surface area contributed by atoms with E-state index in [2.05, 4.69) is 19.0 Å². The third kappa shape index (κ3) is 3.94. The average molecular weight is 358 g/mol. The standard InChI is InChI=1S/C21H21ClFNO/c1-3-4-9-24-25-21-8-6-5-7-17(21)15-10-14(2)18-12-16(23)13-20(22)19(18)11-15/h5-8,10,12-13,24H,2-4,9,11H2,1H3. The van der Waals surface area contributed by atoms with Crippen LogP contribution >= 0.6 is 11.6 Å². The maximum atomic E-state index is 13.6. The summed E-state index contributed by atoms with van der Waals surface area (Å²) >= 11 is 6.27. The second kappa shape index (κ2) is 7.85. The van der Waals surface area contributed by atoms with Gasteiger partial charge < -0.3 is 4.84 Å². The van der Waals surface area contributed by atoms with Crippen molar-refractivity contribution in [1.29, 1.82) is 0 Å². The van der Waals surface area contributed by atoms with Gasteiger partial charge in [-0.3, -0.25) is 0 Å². The Kier molecular flexibility index (Phi) is 5.57. The van der Waals surface area contributed by atoms with Crippen molar-refractivity contribution in [2.45, 2.75) is 26.2 Å². The molecule has 1 N–H and O–H groups in total. The van der Waals surface area contributed by atoms with Gasteiger partial charge in [-0.1, -0.05) is 55.8 Å². The monoisotopic (exact) mass is 357 g/mol. The van der Waals surface area contributed by atoms with Crippen molar-refractivity contribution in [3.63, 3.8) is 0 Å². The molecule has 0 radical (unpaired) electrons. The van der Waals surface area contributed by atoms with Crippen molar-refractivity contribution in [3.05, 3.63) is 76.6 Å². The molecule has 4 heteroatoms. The smallest absolute Gasteiger partial charge is 0.154 e. The highest BCUT2D eigenvalue weighted by molar-refractivity contribution is 6.31. The summed E-state index contributed by atoms with van der Waals surface area (Å²) in [4.78, 5) is 5.75. The molecule has 0 fully saturated rings. The van der Waals surface area contributed by atoms with Gasteiger partial charge in [0, 0.05) is 23.6 Å². The number of rotatable bonds is 6. The van der Waals surface area contributed by atoms with Crippen LogP contribution in [-0.4, -0.2) is 6.54 Å². The van der Waals surface area contributed by atoms with E-state index < -0.39 is 0 Å². The summed E-state index contributed by atoms with van der Waals surface area (Å²) in [5, 5.41) is 0.432. The van der Waals surface area contributed by atoms with Crippen LogP contribution in [0.3, 0.4) is 0 Å². The van der Waals surface area contributed by atoms with Crippen molar-refractivity contribution >= 4 is 22.7 Å². The van der Waals surface area contributed by atoms with Gasteiger partial charge in [0.25, 0.3) is 0 Å². The van der Waals surface area contributed by atoms with Crippen LogP contribution in [0, 0.1) is 5.82 Å². The largest absolute Gasteiger partial charge is 0.408 e. The maximum absolute atomic E-state index is 13.6. The van der Waals surface area contributed by atoms with Gasteiger partial charge in [0.1, 0.15) is 5.82 Å². The first-order valence-corrected chi connectivity index (χ1v) is 8.84. The van der Waals surface area contributed by atoms with Crippen molar-refractivity contribution in [1.82, 2.24) is 5.48 Å². The Labute approximate surface area is 152 Å². The fraction of sp³-hybridized carbons (Fsp3) is 0.238. The summed E-state index contributed by atoms with van der Waals surface area (Å²) in [7, 11) is 0. The predicted octanol–water partition coefficient (Wildman–Crippen LogP) is 5.82. The Morgan fingerprint density at radius 2 is 2.04 bits per heavy atom. The quantitative estimate of drug-likeness (QED) is 0.520. The highest BCUT2D eigenvalue weighted by Gasteiger charge is 2.21. The zero-order valence-corrected chi connectivity index (χ0v) is 15.0. The molecule has 0 aliphatic heterocycles. The molecule has 0 unspecified atom stereocenters. The Balaban J connectivity index is 1.89. The minimum atomic E-state index is -0.342. The van der Waals surface area contributed by atoms with Gasteiger partial charge in [0.15, 0.2) is 5.75 Å². The first kappa shape index (κ1) is 17.7. The van der Waals surface area contributed by atoms with Gasteiger partial charge in [-0.05, 0) is 46.9 Å². The van der Waals surface area contributed by atoms with Gasteiger partial charge in [0.2, 0.25) is 0 Å². The summed E-state index contributed by atoms with van der Waals surface area (Å²) in [6.45, 7) is 7.00. The number of fused-ring (bicyclic) bond motifs is 1. The number of hydrogen-bond acceptors (Lipinski definition) is 2. The van der Waals surface area contributed by atoms with Crippen LogP contribution < -0.4 is 10.3 Å². The van der Waals surface area contributed by atoms with E-state index in [0.29, 0.717) is 11.4 Å². The predicted molar refractivity (Wildman–Crippen MR) is 102 cm³/mol. The third-order valence-electron chi connectivity index (χ3n) is 4.27. The zero-order valence-electron chi connectivity index (χ0n) is 14.2. The topological polar surface area (TPSA) is 21.3 Å². The van der Waals surface area contributed by atoms with Gasteiger partial charge >= 0.3 is 0 Å². The summed E-state index contributed by atoms with van der Waals surface area (Å²) < 4.78 is 13.6. The van der Waals surface area contributed by atoms with E-state index >= 15 is 0 Å². The molecule has 0 aromatic heterocycles. The maximum Gasteiger partial charge on any atom is 0.154 e. The van der Waals surface area contributed by atoms with E-state index in [0.717, 1.165) is 53.0 Å². The SMILES string of the molecule is C=C1C=C(c2ccccc2ONCCCC)Cc2c(Cl)cc(F)cc21.